The molecule has 0 saturated heterocycles. The predicted octanol–water partition coefficient (Wildman–Crippen LogP) is 4.70. The van der Waals surface area contributed by atoms with Crippen molar-refractivity contribution >= 4 is 11.6 Å². The van der Waals surface area contributed by atoms with Crippen LogP contribution in [-0.2, 0) is 9.59 Å². The second kappa shape index (κ2) is 7.07. The molecule has 0 heterocycles. The van der Waals surface area contributed by atoms with Crippen molar-refractivity contribution in [1.29, 1.82) is 0 Å². The number of rotatable bonds is 3. The molecule has 1 unspecified atom stereocenters. The van der Waals surface area contributed by atoms with Crippen LogP contribution in [0.2, 0.25) is 0 Å². The molecule has 3 aliphatic carbocycles. The largest absolute Gasteiger partial charge is 0.300 e. The van der Waals surface area contributed by atoms with Crippen LogP contribution in [0.5, 0.6) is 0 Å². The first-order valence-electron chi connectivity index (χ1n) is 9.27. The van der Waals surface area contributed by atoms with Crippen molar-refractivity contribution in [2.24, 2.45) is 23.7 Å². The van der Waals surface area contributed by atoms with Gasteiger partial charge in [-0.2, -0.15) is 0 Å². The molecule has 0 aromatic rings. The molecule has 2 heteroatoms. The van der Waals surface area contributed by atoms with Crippen LogP contribution in [0.15, 0.2) is 0 Å². The van der Waals surface area contributed by atoms with Gasteiger partial charge in [-0.25, -0.2) is 0 Å². The molecule has 3 aliphatic rings. The Morgan fingerprint density at radius 3 is 2.05 bits per heavy atom. The van der Waals surface area contributed by atoms with E-state index in [1.165, 1.54) is 38.5 Å². The van der Waals surface area contributed by atoms with Crippen molar-refractivity contribution in [3.8, 4) is 0 Å². The van der Waals surface area contributed by atoms with Gasteiger partial charge in [0.25, 0.3) is 0 Å². The zero-order valence-corrected chi connectivity index (χ0v) is 13.3. The Morgan fingerprint density at radius 1 is 0.714 bits per heavy atom. The van der Waals surface area contributed by atoms with E-state index in [0.717, 1.165) is 62.7 Å². The van der Waals surface area contributed by atoms with Crippen LogP contribution in [0.1, 0.15) is 83.5 Å². The Morgan fingerprint density at radius 2 is 1.38 bits per heavy atom. The van der Waals surface area contributed by atoms with Gasteiger partial charge in [-0.15, -0.1) is 0 Å². The minimum Gasteiger partial charge on any atom is -0.300 e. The molecular formula is C19H30O2. The Kier molecular flexibility index (Phi) is 5.13. The fourth-order valence-electron chi connectivity index (χ4n) is 5.04. The smallest absolute Gasteiger partial charge is 0.135 e. The van der Waals surface area contributed by atoms with Gasteiger partial charge in [0.05, 0.1) is 0 Å². The summed E-state index contributed by atoms with van der Waals surface area (Å²) in [4.78, 5) is 23.3. The van der Waals surface area contributed by atoms with E-state index in [1.54, 1.807) is 0 Å². The van der Waals surface area contributed by atoms with Crippen molar-refractivity contribution in [2.75, 3.05) is 0 Å². The Bertz CT molecular complexity index is 369. The van der Waals surface area contributed by atoms with Gasteiger partial charge in [-0.1, -0.05) is 19.3 Å². The van der Waals surface area contributed by atoms with Crippen LogP contribution in [0.4, 0.5) is 0 Å². The summed E-state index contributed by atoms with van der Waals surface area (Å²) < 4.78 is 0. The summed E-state index contributed by atoms with van der Waals surface area (Å²) in [5.41, 5.74) is 0. The molecule has 0 aromatic heterocycles. The van der Waals surface area contributed by atoms with Gasteiger partial charge in [0.2, 0.25) is 0 Å². The Labute approximate surface area is 129 Å². The maximum absolute atomic E-state index is 12.0. The van der Waals surface area contributed by atoms with E-state index in [9.17, 15) is 9.59 Å². The van der Waals surface area contributed by atoms with E-state index < -0.39 is 0 Å². The third-order valence-electron chi connectivity index (χ3n) is 6.44. The number of Topliss-reactive ketones (excluding diaryl/α,β-unsaturated/α-hetero) is 2. The molecule has 0 bridgehead atoms. The van der Waals surface area contributed by atoms with E-state index in [4.69, 9.17) is 0 Å². The van der Waals surface area contributed by atoms with Crippen molar-refractivity contribution in [3.05, 3.63) is 0 Å². The third kappa shape index (κ3) is 3.96. The van der Waals surface area contributed by atoms with E-state index in [0.29, 0.717) is 17.5 Å². The van der Waals surface area contributed by atoms with Gasteiger partial charge < -0.3 is 0 Å². The molecular weight excluding hydrogens is 260 g/mol. The highest BCUT2D eigenvalue weighted by atomic mass is 16.1. The van der Waals surface area contributed by atoms with Crippen LogP contribution >= 0.6 is 0 Å². The zero-order valence-electron chi connectivity index (χ0n) is 13.3. The Hall–Kier alpha value is -0.660. The molecule has 21 heavy (non-hydrogen) atoms. The lowest BCUT2D eigenvalue weighted by molar-refractivity contribution is -0.125. The van der Waals surface area contributed by atoms with Crippen molar-refractivity contribution < 1.29 is 9.59 Å². The van der Waals surface area contributed by atoms with E-state index in [-0.39, 0.29) is 0 Å². The summed E-state index contributed by atoms with van der Waals surface area (Å²) in [5, 5.41) is 0. The number of hydrogen-bond acceptors (Lipinski definition) is 2. The second-order valence-electron chi connectivity index (χ2n) is 7.80. The molecule has 0 aliphatic heterocycles. The van der Waals surface area contributed by atoms with E-state index in [2.05, 4.69) is 0 Å². The fourth-order valence-corrected chi connectivity index (χ4v) is 5.04. The van der Waals surface area contributed by atoms with Crippen molar-refractivity contribution in [1.82, 2.24) is 0 Å². The van der Waals surface area contributed by atoms with Gasteiger partial charge in [0.1, 0.15) is 11.6 Å². The summed E-state index contributed by atoms with van der Waals surface area (Å²) >= 11 is 0. The van der Waals surface area contributed by atoms with Crippen LogP contribution in [-0.4, -0.2) is 11.6 Å². The average molecular weight is 290 g/mol. The minimum absolute atomic E-state index is 0.396. The SMILES string of the molecule is O=C1CCC(C2CCC(CC3CCCCC3=O)CC2)CC1. The summed E-state index contributed by atoms with van der Waals surface area (Å²) in [5.74, 6) is 3.92. The first-order chi connectivity index (χ1) is 10.2. The quantitative estimate of drug-likeness (QED) is 0.755. The summed E-state index contributed by atoms with van der Waals surface area (Å²) in [6, 6.07) is 0. The molecule has 2 nitrogen and oxygen atoms in total. The van der Waals surface area contributed by atoms with Crippen molar-refractivity contribution in [3.63, 3.8) is 0 Å². The van der Waals surface area contributed by atoms with E-state index in [1.807, 2.05) is 0 Å². The first-order valence-corrected chi connectivity index (χ1v) is 9.27. The zero-order chi connectivity index (χ0) is 14.7. The number of hydrogen-bond donors (Lipinski definition) is 0. The third-order valence-corrected chi connectivity index (χ3v) is 6.44. The normalized spacial score (nSPS) is 35.9. The maximum atomic E-state index is 12.0. The minimum atomic E-state index is 0.396. The molecule has 3 rings (SSSR count). The molecule has 0 amide bonds. The van der Waals surface area contributed by atoms with Gasteiger partial charge in [0.15, 0.2) is 0 Å². The molecule has 0 N–H and O–H groups in total. The molecule has 0 aromatic carbocycles. The molecule has 0 radical (unpaired) electrons. The molecule has 118 valence electrons. The van der Waals surface area contributed by atoms with E-state index >= 15 is 0 Å². The first kappa shape index (κ1) is 15.2. The summed E-state index contributed by atoms with van der Waals surface area (Å²) in [6.07, 6.45) is 14.9. The predicted molar refractivity (Wildman–Crippen MR) is 84.0 cm³/mol. The average Bonchev–Trinajstić information content (AvgIpc) is 2.51. The molecule has 3 fully saturated rings. The monoisotopic (exact) mass is 290 g/mol. The van der Waals surface area contributed by atoms with Gasteiger partial charge in [-0.05, 0) is 62.7 Å². The maximum Gasteiger partial charge on any atom is 0.135 e. The Balaban J connectivity index is 1.42. The molecule has 0 spiro atoms. The highest BCUT2D eigenvalue weighted by molar-refractivity contribution is 5.81. The lowest BCUT2D eigenvalue weighted by atomic mass is 9.68. The topological polar surface area (TPSA) is 34.1 Å². The van der Waals surface area contributed by atoms with Gasteiger partial charge in [0, 0.05) is 25.2 Å². The van der Waals surface area contributed by atoms with Gasteiger partial charge in [-0.3, -0.25) is 9.59 Å². The highest BCUT2D eigenvalue weighted by Gasteiger charge is 2.32. The molecule has 3 saturated carbocycles. The standard InChI is InChI=1S/C19H30O2/c20-18-11-9-16(10-12-18)15-7-5-14(6-8-15)13-17-3-1-2-4-19(17)21/h14-17H,1-13H2. The lowest BCUT2D eigenvalue weighted by Crippen LogP contribution is -2.28. The summed E-state index contributed by atoms with van der Waals surface area (Å²) in [6.45, 7) is 0. The number of ketones is 2. The second-order valence-corrected chi connectivity index (χ2v) is 7.80. The van der Waals surface area contributed by atoms with Crippen LogP contribution in [0, 0.1) is 23.7 Å². The highest BCUT2D eigenvalue weighted by Crippen LogP contribution is 2.41. The molecule has 1 atom stereocenters. The van der Waals surface area contributed by atoms with Crippen molar-refractivity contribution in [2.45, 2.75) is 83.5 Å². The fraction of sp³-hybridized carbons (Fsp3) is 0.895. The van der Waals surface area contributed by atoms with Gasteiger partial charge >= 0.3 is 0 Å². The van der Waals surface area contributed by atoms with Crippen LogP contribution in [0.3, 0.4) is 0 Å². The number of carbonyl (C=O) groups is 2. The van der Waals surface area contributed by atoms with Crippen LogP contribution < -0.4 is 0 Å². The number of carbonyl (C=O) groups excluding carboxylic acids is 2. The lowest BCUT2D eigenvalue weighted by Gasteiger charge is -2.36. The van der Waals surface area contributed by atoms with Crippen LogP contribution in [0.25, 0.3) is 0 Å². The summed E-state index contributed by atoms with van der Waals surface area (Å²) in [7, 11) is 0.